The molecule has 0 rings (SSSR count). The van der Waals surface area contributed by atoms with Crippen molar-refractivity contribution in [2.45, 2.75) is 6.92 Å². The van der Waals surface area contributed by atoms with E-state index in [0.717, 1.165) is 5.75 Å². The van der Waals surface area contributed by atoms with Gasteiger partial charge in [-0.25, -0.2) is 0 Å². The van der Waals surface area contributed by atoms with E-state index in [1.165, 1.54) is 0 Å². The molecule has 0 aromatic carbocycles. The van der Waals surface area contributed by atoms with Crippen LogP contribution in [0.15, 0.2) is 4.99 Å². The third-order valence-electron chi connectivity index (χ3n) is 0.762. The van der Waals surface area contributed by atoms with Crippen molar-refractivity contribution in [1.82, 2.24) is 0 Å². The average Bonchev–Trinajstić information content (AvgIpc) is 1.84. The molecule has 3 nitrogen and oxygen atoms in total. The average molecular weight is 133 g/mol. The van der Waals surface area contributed by atoms with Gasteiger partial charge in [-0.1, -0.05) is 6.92 Å². The van der Waals surface area contributed by atoms with E-state index in [-0.39, 0.29) is 0 Å². The summed E-state index contributed by atoms with van der Waals surface area (Å²) in [6.45, 7) is 1.92. The molecule has 1 unspecified atom stereocenters. The maximum Gasteiger partial charge on any atom is 0.164 e. The van der Waals surface area contributed by atoms with Crippen LogP contribution in [0.2, 0.25) is 0 Å². The molecule has 0 saturated carbocycles. The van der Waals surface area contributed by atoms with Crippen LogP contribution in [0.3, 0.4) is 0 Å². The molecule has 0 aromatic heterocycles. The van der Waals surface area contributed by atoms with Crippen molar-refractivity contribution in [3.8, 4) is 0 Å². The molecule has 0 amide bonds. The van der Waals surface area contributed by atoms with Gasteiger partial charge >= 0.3 is 0 Å². The largest absolute Gasteiger partial charge is 0.378 e. The summed E-state index contributed by atoms with van der Waals surface area (Å²) in [6, 6.07) is 0. The Morgan fingerprint density at radius 2 is 2.38 bits per heavy atom. The first-order valence-corrected chi connectivity index (χ1v) is 3.76. The molecule has 0 spiro atoms. The zero-order chi connectivity index (χ0) is 6.57. The normalized spacial score (nSPS) is 16.0. The van der Waals surface area contributed by atoms with Gasteiger partial charge in [-0.2, -0.15) is 0 Å². The van der Waals surface area contributed by atoms with Gasteiger partial charge in [0, 0.05) is 12.8 Å². The molecule has 0 aromatic rings. The molecule has 0 heterocycles. The summed E-state index contributed by atoms with van der Waals surface area (Å²) in [5.41, 5.74) is 5.30. The van der Waals surface area contributed by atoms with Crippen LogP contribution in [0, 0.1) is 4.78 Å². The van der Waals surface area contributed by atoms with E-state index in [9.17, 15) is 0 Å². The highest BCUT2D eigenvalue weighted by molar-refractivity contribution is 8.01. The Bertz CT molecular complexity index is 118. The first-order chi connectivity index (χ1) is 3.72. The Kier molecular flexibility index (Phi) is 3.43. The minimum absolute atomic E-state index is 0.451. The van der Waals surface area contributed by atoms with E-state index >= 15 is 0 Å². The van der Waals surface area contributed by atoms with Crippen molar-refractivity contribution in [2.24, 2.45) is 10.7 Å². The second kappa shape index (κ2) is 3.60. The van der Waals surface area contributed by atoms with Crippen LogP contribution in [0.5, 0.6) is 0 Å². The summed E-state index contributed by atoms with van der Waals surface area (Å²) in [4.78, 5) is 3.68. The Morgan fingerprint density at radius 1 is 1.88 bits per heavy atom. The van der Waals surface area contributed by atoms with E-state index in [1.807, 2.05) is 6.92 Å². The number of rotatable bonds is 1. The van der Waals surface area contributed by atoms with Crippen LogP contribution in [0.4, 0.5) is 0 Å². The van der Waals surface area contributed by atoms with E-state index in [1.54, 1.807) is 7.05 Å². The van der Waals surface area contributed by atoms with E-state index in [4.69, 9.17) is 10.5 Å². The van der Waals surface area contributed by atoms with Gasteiger partial charge in [-0.15, -0.1) is 0 Å². The van der Waals surface area contributed by atoms with Crippen LogP contribution in [-0.4, -0.2) is 18.0 Å². The fourth-order valence-corrected chi connectivity index (χ4v) is 0.774. The van der Waals surface area contributed by atoms with Crippen molar-refractivity contribution in [3.05, 3.63) is 0 Å². The lowest BCUT2D eigenvalue weighted by atomic mass is 11.0. The van der Waals surface area contributed by atoms with E-state index < -0.39 is 10.7 Å². The molecule has 3 N–H and O–H groups in total. The molecule has 0 saturated heterocycles. The van der Waals surface area contributed by atoms with Gasteiger partial charge < -0.3 is 5.73 Å². The van der Waals surface area contributed by atoms with Gasteiger partial charge in [0.25, 0.3) is 0 Å². The van der Waals surface area contributed by atoms with E-state index in [2.05, 4.69) is 4.99 Å². The molecule has 4 heteroatoms. The Balaban J connectivity index is 3.83. The van der Waals surface area contributed by atoms with Crippen LogP contribution in [0.1, 0.15) is 6.92 Å². The zero-order valence-electron chi connectivity index (χ0n) is 5.14. The molecule has 0 fully saturated rings. The molecule has 0 aliphatic carbocycles. The number of nitrogens with zero attached hydrogens (tertiary/aromatic N) is 1. The summed E-state index contributed by atoms with van der Waals surface area (Å²) in [6.07, 6.45) is 0. The molecular weight excluding hydrogens is 122 g/mol. The van der Waals surface area contributed by atoms with Crippen molar-refractivity contribution in [3.63, 3.8) is 0 Å². The Morgan fingerprint density at radius 3 is 2.50 bits per heavy atom. The predicted octanol–water partition coefficient (Wildman–Crippen LogP) is 0.331. The quantitative estimate of drug-likeness (QED) is 0.393. The number of amidine groups is 1. The van der Waals surface area contributed by atoms with Gasteiger partial charge in [0.15, 0.2) is 5.17 Å². The number of hydrogen-bond donors (Lipinski definition) is 2. The number of nitrogens with one attached hydrogen (secondary N) is 1. The SMILES string of the molecule is CCS(=N)C(N)=NC. The third-order valence-corrected chi connectivity index (χ3v) is 2.03. The van der Waals surface area contributed by atoms with Crippen LogP contribution >= 0.6 is 0 Å². The lowest BCUT2D eigenvalue weighted by molar-refractivity contribution is 1.42. The molecular formula is C4H11N3S. The summed E-state index contributed by atoms with van der Waals surface area (Å²) in [7, 11) is 1.07. The van der Waals surface area contributed by atoms with Crippen LogP contribution in [0.25, 0.3) is 0 Å². The molecule has 48 valence electrons. The predicted molar refractivity (Wildman–Crippen MR) is 38.2 cm³/mol. The first kappa shape index (κ1) is 7.62. The summed E-state index contributed by atoms with van der Waals surface area (Å²) < 4.78 is 7.20. The second-order valence-corrected chi connectivity index (χ2v) is 3.02. The lowest BCUT2D eigenvalue weighted by Gasteiger charge is -1.96. The van der Waals surface area contributed by atoms with Crippen molar-refractivity contribution in [1.29, 1.82) is 4.78 Å². The van der Waals surface area contributed by atoms with Crippen molar-refractivity contribution >= 4 is 15.9 Å². The maximum atomic E-state index is 7.20. The van der Waals surface area contributed by atoms with Gasteiger partial charge in [-0.3, -0.25) is 9.77 Å². The van der Waals surface area contributed by atoms with Crippen LogP contribution in [-0.2, 0) is 10.7 Å². The molecule has 8 heavy (non-hydrogen) atoms. The van der Waals surface area contributed by atoms with Crippen LogP contribution < -0.4 is 5.73 Å². The number of nitrogens with two attached hydrogens (primary N) is 1. The summed E-state index contributed by atoms with van der Waals surface area (Å²) >= 11 is 0. The van der Waals surface area contributed by atoms with Gasteiger partial charge in [0.1, 0.15) is 0 Å². The molecule has 1 atom stereocenters. The fourth-order valence-electron chi connectivity index (χ4n) is 0.258. The Hall–Kier alpha value is -0.380. The van der Waals surface area contributed by atoms with Crippen molar-refractivity contribution in [2.75, 3.05) is 12.8 Å². The fraction of sp³-hybridized carbons (Fsp3) is 0.750. The third kappa shape index (κ3) is 2.07. The summed E-state index contributed by atoms with van der Waals surface area (Å²) in [5.74, 6) is 0.767. The standard InChI is InChI=1S/C4H11N3S/c1-3-8(6)4(5)7-2/h6H,3H2,1-2H3,(H2,5,7). The maximum absolute atomic E-state index is 7.20. The van der Waals surface area contributed by atoms with Crippen molar-refractivity contribution < 1.29 is 0 Å². The zero-order valence-corrected chi connectivity index (χ0v) is 5.96. The molecule has 0 aliphatic heterocycles. The van der Waals surface area contributed by atoms with Gasteiger partial charge in [0.05, 0.1) is 0 Å². The topological polar surface area (TPSA) is 62.2 Å². The highest BCUT2D eigenvalue weighted by Gasteiger charge is 1.91. The minimum atomic E-state index is -0.544. The number of aliphatic imine (C=N–C) groups is 1. The van der Waals surface area contributed by atoms with Gasteiger partial charge in [0.2, 0.25) is 0 Å². The molecule has 0 radical (unpaired) electrons. The molecule has 0 aliphatic rings. The Labute approximate surface area is 51.9 Å². The lowest BCUT2D eigenvalue weighted by Crippen LogP contribution is -2.18. The smallest absolute Gasteiger partial charge is 0.164 e. The van der Waals surface area contributed by atoms with Gasteiger partial charge in [-0.05, 0) is 10.7 Å². The summed E-state index contributed by atoms with van der Waals surface area (Å²) in [5, 5.41) is 0.451. The minimum Gasteiger partial charge on any atom is -0.378 e. The monoisotopic (exact) mass is 133 g/mol. The first-order valence-electron chi connectivity index (χ1n) is 2.36. The highest BCUT2D eigenvalue weighted by Crippen LogP contribution is 1.80. The second-order valence-electron chi connectivity index (χ2n) is 1.24. The number of hydrogen-bond acceptors (Lipinski definition) is 2. The molecule has 0 bridgehead atoms. The van der Waals surface area contributed by atoms with E-state index in [0.29, 0.717) is 5.17 Å². The highest BCUT2D eigenvalue weighted by atomic mass is 32.2.